The van der Waals surface area contributed by atoms with Gasteiger partial charge in [0.15, 0.2) is 0 Å². The first kappa shape index (κ1) is 16.1. The molecule has 0 radical (unpaired) electrons. The molecule has 1 rings (SSSR count). The van der Waals surface area contributed by atoms with Gasteiger partial charge in [0.2, 0.25) is 10.0 Å². The molecular weight excluding hydrogens is 260 g/mol. The first-order valence-corrected chi connectivity index (χ1v) is 8.14. The van der Waals surface area contributed by atoms with E-state index in [-0.39, 0.29) is 6.04 Å². The Morgan fingerprint density at radius 1 is 1.00 bits per heavy atom. The van der Waals surface area contributed by atoms with E-state index in [2.05, 4.69) is 23.9 Å². The van der Waals surface area contributed by atoms with Crippen LogP contribution in [0.2, 0.25) is 0 Å². The number of benzene rings is 1. The van der Waals surface area contributed by atoms with Crippen molar-refractivity contribution in [3.05, 3.63) is 29.8 Å². The number of hydrogen-bond donors (Lipinski definition) is 2. The Morgan fingerprint density at radius 3 is 2.05 bits per heavy atom. The summed E-state index contributed by atoms with van der Waals surface area (Å²) in [5.41, 5.74) is 1.14. The molecule has 0 unspecified atom stereocenters. The van der Waals surface area contributed by atoms with Gasteiger partial charge in [0.1, 0.15) is 0 Å². The van der Waals surface area contributed by atoms with Crippen LogP contribution in [-0.2, 0) is 16.4 Å². The Hall–Kier alpha value is -0.910. The zero-order valence-corrected chi connectivity index (χ0v) is 12.9. The van der Waals surface area contributed by atoms with Crippen LogP contribution in [0.25, 0.3) is 0 Å². The highest BCUT2D eigenvalue weighted by Crippen LogP contribution is 2.11. The van der Waals surface area contributed by atoms with Crippen LogP contribution in [0.15, 0.2) is 29.2 Å². The quantitative estimate of drug-likeness (QED) is 0.804. The van der Waals surface area contributed by atoms with Gasteiger partial charge in [-0.25, -0.2) is 13.1 Å². The Labute approximate surface area is 116 Å². The van der Waals surface area contributed by atoms with Gasteiger partial charge in [-0.2, -0.15) is 0 Å². The minimum absolute atomic E-state index is 0.0973. The Balaban J connectivity index is 2.66. The molecule has 1 aromatic carbocycles. The fourth-order valence-corrected chi connectivity index (χ4v) is 2.97. The lowest BCUT2D eigenvalue weighted by molar-refractivity contribution is 0.570. The van der Waals surface area contributed by atoms with Crippen molar-refractivity contribution in [1.29, 1.82) is 0 Å². The van der Waals surface area contributed by atoms with Crippen LogP contribution < -0.4 is 10.0 Å². The van der Waals surface area contributed by atoms with Gasteiger partial charge in [0.05, 0.1) is 4.90 Å². The Bertz CT molecular complexity index is 479. The summed E-state index contributed by atoms with van der Waals surface area (Å²) in [6.45, 7) is 8.72. The summed E-state index contributed by atoms with van der Waals surface area (Å²) < 4.78 is 26.4. The van der Waals surface area contributed by atoms with Gasteiger partial charge < -0.3 is 5.32 Å². The van der Waals surface area contributed by atoms with Crippen LogP contribution in [-0.4, -0.2) is 27.0 Å². The van der Waals surface area contributed by atoms with Crippen molar-refractivity contribution in [3.63, 3.8) is 0 Å². The molecule has 0 aromatic heterocycles. The van der Waals surface area contributed by atoms with E-state index in [9.17, 15) is 8.42 Å². The summed E-state index contributed by atoms with van der Waals surface area (Å²) in [6.07, 6.45) is 0.899. The second kappa shape index (κ2) is 7.03. The van der Waals surface area contributed by atoms with Crippen molar-refractivity contribution in [2.75, 3.05) is 6.54 Å². The predicted molar refractivity (Wildman–Crippen MR) is 78.7 cm³/mol. The van der Waals surface area contributed by atoms with Crippen molar-refractivity contribution < 1.29 is 8.42 Å². The van der Waals surface area contributed by atoms with Crippen LogP contribution in [0.4, 0.5) is 0 Å². The Morgan fingerprint density at radius 2 is 1.58 bits per heavy atom. The van der Waals surface area contributed by atoms with E-state index in [0.717, 1.165) is 18.5 Å². The first-order chi connectivity index (χ1) is 8.81. The third kappa shape index (κ3) is 5.72. The van der Waals surface area contributed by atoms with Crippen LogP contribution >= 0.6 is 0 Å². The molecule has 0 saturated heterocycles. The first-order valence-electron chi connectivity index (χ1n) is 6.66. The van der Waals surface area contributed by atoms with E-state index in [4.69, 9.17) is 0 Å². The van der Waals surface area contributed by atoms with Gasteiger partial charge in [-0.15, -0.1) is 0 Å². The van der Waals surface area contributed by atoms with Crippen molar-refractivity contribution in [2.24, 2.45) is 0 Å². The number of hydrogen-bond acceptors (Lipinski definition) is 3. The van der Waals surface area contributed by atoms with Gasteiger partial charge in [-0.1, -0.05) is 26.0 Å². The third-order valence-corrected chi connectivity index (χ3v) is 4.27. The minimum atomic E-state index is -3.38. The number of nitrogens with one attached hydrogen (secondary N) is 2. The summed E-state index contributed by atoms with van der Waals surface area (Å²) in [5, 5.41) is 3.33. The number of rotatable bonds is 7. The molecule has 0 amide bonds. The molecule has 0 saturated carbocycles. The third-order valence-electron chi connectivity index (χ3n) is 2.59. The van der Waals surface area contributed by atoms with Gasteiger partial charge in [-0.3, -0.25) is 0 Å². The molecule has 0 spiro atoms. The fraction of sp³-hybridized carbons (Fsp3) is 0.571. The molecule has 0 bridgehead atoms. The highest BCUT2D eigenvalue weighted by Gasteiger charge is 2.14. The molecule has 0 aliphatic rings. The van der Waals surface area contributed by atoms with Crippen molar-refractivity contribution in [2.45, 2.75) is 51.1 Å². The van der Waals surface area contributed by atoms with Gasteiger partial charge in [0.25, 0.3) is 0 Å². The molecule has 0 fully saturated rings. The zero-order chi connectivity index (χ0) is 14.5. The van der Waals surface area contributed by atoms with E-state index in [1.165, 1.54) is 0 Å². The number of sulfonamides is 1. The van der Waals surface area contributed by atoms with Crippen molar-refractivity contribution in [3.8, 4) is 0 Å². The topological polar surface area (TPSA) is 58.2 Å². The van der Waals surface area contributed by atoms with Gasteiger partial charge in [-0.05, 0) is 44.5 Å². The van der Waals surface area contributed by atoms with Crippen LogP contribution in [0.1, 0.15) is 33.3 Å². The summed E-state index contributed by atoms with van der Waals surface area (Å²) in [4.78, 5) is 0.321. The van der Waals surface area contributed by atoms with Gasteiger partial charge >= 0.3 is 0 Å². The lowest BCUT2D eigenvalue weighted by Crippen LogP contribution is -2.30. The zero-order valence-electron chi connectivity index (χ0n) is 12.1. The monoisotopic (exact) mass is 284 g/mol. The van der Waals surface area contributed by atoms with Crippen molar-refractivity contribution >= 4 is 10.0 Å². The second-order valence-corrected chi connectivity index (χ2v) is 6.99. The molecule has 0 heterocycles. The van der Waals surface area contributed by atoms with E-state index < -0.39 is 10.0 Å². The average Bonchev–Trinajstić information content (AvgIpc) is 2.27. The molecule has 0 aliphatic carbocycles. The molecule has 0 atom stereocenters. The second-order valence-electron chi connectivity index (χ2n) is 5.28. The highest BCUT2D eigenvalue weighted by atomic mass is 32.2. The maximum atomic E-state index is 11.9. The van der Waals surface area contributed by atoms with Crippen LogP contribution in [0, 0.1) is 0 Å². The van der Waals surface area contributed by atoms with E-state index in [1.54, 1.807) is 12.1 Å². The van der Waals surface area contributed by atoms with E-state index >= 15 is 0 Å². The van der Waals surface area contributed by atoms with E-state index in [1.807, 2.05) is 26.0 Å². The van der Waals surface area contributed by atoms with Crippen molar-refractivity contribution in [1.82, 2.24) is 10.0 Å². The molecule has 108 valence electrons. The fourth-order valence-electron chi connectivity index (χ4n) is 1.72. The predicted octanol–water partition coefficient (Wildman–Crippen LogP) is 1.91. The van der Waals surface area contributed by atoms with Gasteiger partial charge in [0, 0.05) is 12.1 Å². The molecule has 5 heteroatoms. The smallest absolute Gasteiger partial charge is 0.240 e. The molecule has 0 aliphatic heterocycles. The molecule has 19 heavy (non-hydrogen) atoms. The maximum Gasteiger partial charge on any atom is 0.240 e. The highest BCUT2D eigenvalue weighted by molar-refractivity contribution is 7.89. The molecular formula is C14H24N2O2S. The standard InChI is InChI=1S/C14H24N2O2S/c1-11(2)15-10-9-13-5-7-14(8-6-13)19(17,18)16-12(3)4/h5-8,11-12,15-16H,9-10H2,1-4H3. The molecule has 4 nitrogen and oxygen atoms in total. The van der Waals surface area contributed by atoms with Crippen LogP contribution in [0.3, 0.4) is 0 Å². The summed E-state index contributed by atoms with van der Waals surface area (Å²) in [5.74, 6) is 0. The van der Waals surface area contributed by atoms with Crippen LogP contribution in [0.5, 0.6) is 0 Å². The molecule has 1 aromatic rings. The maximum absolute atomic E-state index is 11.9. The lowest BCUT2D eigenvalue weighted by atomic mass is 10.1. The largest absolute Gasteiger partial charge is 0.314 e. The average molecular weight is 284 g/mol. The Kier molecular flexibility index (Phi) is 5.97. The SMILES string of the molecule is CC(C)NCCc1ccc(S(=O)(=O)NC(C)C)cc1. The minimum Gasteiger partial charge on any atom is -0.314 e. The summed E-state index contributed by atoms with van der Waals surface area (Å²) in [6, 6.07) is 7.44. The molecule has 2 N–H and O–H groups in total. The summed E-state index contributed by atoms with van der Waals surface area (Å²) in [7, 11) is -3.38. The normalized spacial score (nSPS) is 12.3. The van der Waals surface area contributed by atoms with E-state index in [0.29, 0.717) is 10.9 Å². The summed E-state index contributed by atoms with van der Waals surface area (Å²) >= 11 is 0. The lowest BCUT2D eigenvalue weighted by Gasteiger charge is -2.11.